The Morgan fingerprint density at radius 3 is 2.55 bits per heavy atom. The van der Waals surface area contributed by atoms with Gasteiger partial charge >= 0.3 is 6.03 Å². The second kappa shape index (κ2) is 11.1. The largest absolute Gasteiger partial charge is 0.493 e. The van der Waals surface area contributed by atoms with Crippen LogP contribution in [0.3, 0.4) is 0 Å². The number of nitrogens with zero attached hydrogens (tertiary/aromatic N) is 2. The Morgan fingerprint density at radius 1 is 1.26 bits per heavy atom. The Hall–Kier alpha value is -2.60. The van der Waals surface area contributed by atoms with Gasteiger partial charge < -0.3 is 19.9 Å². The standard InChI is InChI=1S/C25H34FN3O2/c1-19(2)18-31-24-10-6-20(7-11-24)16-27-25(30)29(23-12-14-28(3)15-13-23)17-21-4-8-22(26)9-5-21/h4-11,19,23H,12-18H2,1-3H3,(H,27,30)/i1D3,2D3,14D2,15D2,18D2,19D. The third-order valence-corrected chi connectivity index (χ3v) is 4.73. The summed E-state index contributed by atoms with van der Waals surface area (Å²) in [4.78, 5) is 15.7. The van der Waals surface area contributed by atoms with E-state index in [1.54, 1.807) is 0 Å². The van der Waals surface area contributed by atoms with Crippen LogP contribution in [0.1, 0.15) is 55.5 Å². The maximum Gasteiger partial charge on any atom is 0.318 e. The molecule has 0 aliphatic carbocycles. The molecule has 0 unspecified atom stereocenters. The highest BCUT2D eigenvalue weighted by molar-refractivity contribution is 5.74. The van der Waals surface area contributed by atoms with Crippen molar-refractivity contribution in [1.82, 2.24) is 15.1 Å². The van der Waals surface area contributed by atoms with Crippen LogP contribution in [-0.4, -0.2) is 48.5 Å². The molecule has 168 valence electrons. The second-order valence-corrected chi connectivity index (χ2v) is 7.07. The lowest BCUT2D eigenvalue weighted by Crippen LogP contribution is -2.49. The van der Waals surface area contributed by atoms with Crippen molar-refractivity contribution in [1.29, 1.82) is 0 Å². The maximum absolute atomic E-state index is 13.5. The van der Waals surface area contributed by atoms with Crippen LogP contribution in [0.25, 0.3) is 0 Å². The van der Waals surface area contributed by atoms with Gasteiger partial charge in [-0.25, -0.2) is 9.18 Å². The number of benzene rings is 2. The van der Waals surface area contributed by atoms with Gasteiger partial charge in [0.2, 0.25) is 0 Å². The summed E-state index contributed by atoms with van der Waals surface area (Å²) in [5.41, 5.74) is 1.00. The number of urea groups is 1. The molecule has 1 N–H and O–H groups in total. The zero-order valence-corrected chi connectivity index (χ0v) is 17.1. The minimum Gasteiger partial charge on any atom is -0.493 e. The fraction of sp³-hybridized carbons (Fsp3) is 0.480. The fourth-order valence-corrected chi connectivity index (χ4v) is 3.05. The summed E-state index contributed by atoms with van der Waals surface area (Å²) < 4.78 is 121. The van der Waals surface area contributed by atoms with E-state index in [4.69, 9.17) is 22.6 Å². The highest BCUT2D eigenvalue weighted by atomic mass is 19.1. The monoisotopic (exact) mass is 440 g/mol. The predicted octanol–water partition coefficient (Wildman–Crippen LogP) is 4.67. The van der Waals surface area contributed by atoms with E-state index < -0.39 is 57.0 Å². The molecule has 1 heterocycles. The van der Waals surface area contributed by atoms with E-state index in [0.29, 0.717) is 11.1 Å². The van der Waals surface area contributed by atoms with E-state index in [-0.39, 0.29) is 31.7 Å². The van der Waals surface area contributed by atoms with E-state index in [1.807, 2.05) is 0 Å². The SMILES string of the molecule is [2H]C1([2H])CC(N(Cc2ccc(F)cc2)C(=O)NCc2ccc(OC([2H])([2H])C([2H])(C([2H])([2H])[2H])C([2H])([2H])[2H])cc2)CC([2H])([2H])N1C. The van der Waals surface area contributed by atoms with Crippen molar-refractivity contribution in [3.05, 3.63) is 65.5 Å². The molecular weight excluding hydrogens is 393 g/mol. The van der Waals surface area contributed by atoms with Crippen LogP contribution < -0.4 is 10.1 Å². The van der Waals surface area contributed by atoms with Crippen molar-refractivity contribution in [2.24, 2.45) is 5.89 Å². The van der Waals surface area contributed by atoms with Gasteiger partial charge in [-0.05, 0) is 74.2 Å². The second-order valence-electron chi connectivity index (χ2n) is 7.07. The third kappa shape index (κ3) is 7.24. The molecule has 1 saturated heterocycles. The van der Waals surface area contributed by atoms with Gasteiger partial charge in [-0.3, -0.25) is 0 Å². The van der Waals surface area contributed by atoms with Gasteiger partial charge in [0.25, 0.3) is 0 Å². The quantitative estimate of drug-likeness (QED) is 0.649. The molecule has 0 saturated carbocycles. The Kier molecular flexibility index (Phi) is 4.07. The molecule has 31 heavy (non-hydrogen) atoms. The zero-order chi connectivity index (χ0) is 33.5. The Morgan fingerprint density at radius 2 is 1.90 bits per heavy atom. The lowest BCUT2D eigenvalue weighted by atomic mass is 10.0. The number of likely N-dealkylation sites (tertiary alicyclic amines) is 1. The highest BCUT2D eigenvalue weighted by Gasteiger charge is 2.27. The van der Waals surface area contributed by atoms with Crippen molar-refractivity contribution in [3.63, 3.8) is 0 Å². The molecule has 1 aliphatic rings. The molecule has 1 aliphatic heterocycles. The third-order valence-electron chi connectivity index (χ3n) is 4.73. The summed E-state index contributed by atoms with van der Waals surface area (Å²) in [5, 5.41) is 2.69. The molecule has 2 aromatic rings. The normalized spacial score (nSPS) is 26.2. The average Bonchev–Trinajstić information content (AvgIpc) is 2.88. The van der Waals surface area contributed by atoms with Gasteiger partial charge in [0, 0.05) is 34.2 Å². The van der Waals surface area contributed by atoms with Crippen molar-refractivity contribution in [2.45, 2.75) is 45.7 Å². The van der Waals surface area contributed by atoms with Crippen molar-refractivity contribution in [3.8, 4) is 5.75 Å². The summed E-state index contributed by atoms with van der Waals surface area (Å²) in [5.74, 6) is -4.35. The maximum atomic E-state index is 13.5. The average molecular weight is 441 g/mol. The van der Waals surface area contributed by atoms with Gasteiger partial charge in [0.1, 0.15) is 11.6 Å². The first kappa shape index (κ1) is 11.3. The number of rotatable bonds is 8. The van der Waals surface area contributed by atoms with Crippen molar-refractivity contribution in [2.75, 3.05) is 26.6 Å². The minimum atomic E-state index is -3.60. The van der Waals surface area contributed by atoms with E-state index in [9.17, 15) is 9.18 Å². The molecule has 2 amide bonds. The summed E-state index contributed by atoms with van der Waals surface area (Å²) >= 11 is 0. The molecule has 0 atom stereocenters. The first-order chi connectivity index (χ1) is 19.9. The smallest absolute Gasteiger partial charge is 0.318 e. The first-order valence-corrected chi connectivity index (χ1v) is 9.72. The van der Waals surface area contributed by atoms with Crippen LogP contribution in [-0.2, 0) is 13.1 Å². The van der Waals surface area contributed by atoms with Gasteiger partial charge in [-0.1, -0.05) is 38.0 Å². The molecule has 0 bridgehead atoms. The molecule has 0 aromatic heterocycles. The van der Waals surface area contributed by atoms with Crippen molar-refractivity contribution < 1.29 is 31.7 Å². The highest BCUT2D eigenvalue weighted by Crippen LogP contribution is 2.19. The molecule has 6 heteroatoms. The number of carbonyl (C=O) groups is 1. The van der Waals surface area contributed by atoms with Crippen LogP contribution in [0.2, 0.25) is 0 Å². The number of nitrogens with one attached hydrogen (secondary N) is 1. The van der Waals surface area contributed by atoms with E-state index in [2.05, 4.69) is 5.32 Å². The number of piperidine rings is 1. The predicted molar refractivity (Wildman–Crippen MR) is 121 cm³/mol. The van der Waals surface area contributed by atoms with E-state index in [0.717, 1.165) is 4.90 Å². The first-order valence-electron chi connectivity index (χ1n) is 16.2. The lowest BCUT2D eigenvalue weighted by molar-refractivity contribution is 0.127. The molecule has 0 radical (unpaired) electrons. The van der Waals surface area contributed by atoms with Crippen LogP contribution >= 0.6 is 0 Å². The van der Waals surface area contributed by atoms with Gasteiger partial charge in [-0.15, -0.1) is 0 Å². The van der Waals surface area contributed by atoms with E-state index >= 15 is 0 Å². The number of halogens is 1. The lowest BCUT2D eigenvalue weighted by Gasteiger charge is -2.37. The molecule has 5 nitrogen and oxygen atoms in total. The fourth-order valence-electron chi connectivity index (χ4n) is 3.05. The Labute approximate surface area is 203 Å². The summed E-state index contributed by atoms with van der Waals surface area (Å²) in [6, 6.07) is 9.09. The van der Waals surface area contributed by atoms with Crippen LogP contribution in [0.4, 0.5) is 9.18 Å². The van der Waals surface area contributed by atoms with Crippen LogP contribution in [0.5, 0.6) is 5.75 Å². The summed E-state index contributed by atoms with van der Waals surface area (Å²) in [7, 11) is 1.33. The minimum absolute atomic E-state index is 0.0592. The Bertz CT molecular complexity index is 1270. The van der Waals surface area contributed by atoms with E-state index in [1.165, 1.54) is 60.5 Å². The number of ether oxygens (including phenoxy) is 1. The molecule has 1 fully saturated rings. The topological polar surface area (TPSA) is 44.8 Å². The van der Waals surface area contributed by atoms with Crippen molar-refractivity contribution >= 4 is 6.03 Å². The van der Waals surface area contributed by atoms with Gasteiger partial charge in [0.05, 0.1) is 9.30 Å². The Balaban J connectivity index is 1.78. The van der Waals surface area contributed by atoms with Crippen LogP contribution in [0, 0.1) is 11.7 Å². The zero-order valence-electron chi connectivity index (χ0n) is 30.1. The van der Waals surface area contributed by atoms with Gasteiger partial charge in [0.15, 0.2) is 0 Å². The molecule has 3 rings (SSSR count). The number of hydrogen-bond acceptors (Lipinski definition) is 3. The number of amides is 2. The number of carbonyl (C=O) groups excluding carboxylic acids is 1. The van der Waals surface area contributed by atoms with Gasteiger partial charge in [-0.2, -0.15) is 0 Å². The molecule has 0 spiro atoms. The molecule has 2 aromatic carbocycles. The molecular formula is C25H34FN3O2. The summed E-state index contributed by atoms with van der Waals surface area (Å²) in [6.45, 7) is -14.8. The van der Waals surface area contributed by atoms with Crippen LogP contribution in [0.15, 0.2) is 48.5 Å². The summed E-state index contributed by atoms with van der Waals surface area (Å²) in [6.07, 6.45) is -0.370. The number of hydrogen-bond donors (Lipinski definition) is 1.